The van der Waals surface area contributed by atoms with E-state index in [0.717, 1.165) is 87.2 Å². The van der Waals surface area contributed by atoms with E-state index in [-0.39, 0.29) is 41.9 Å². The van der Waals surface area contributed by atoms with E-state index >= 15 is 8.78 Å². The first-order valence-corrected chi connectivity index (χ1v) is 23.8. The molecule has 5 aliphatic heterocycles. The lowest BCUT2D eigenvalue weighted by molar-refractivity contribution is -0.136. The van der Waals surface area contributed by atoms with Gasteiger partial charge in [0.15, 0.2) is 17.2 Å². The van der Waals surface area contributed by atoms with Gasteiger partial charge in [0.05, 0.1) is 35.5 Å². The van der Waals surface area contributed by atoms with Gasteiger partial charge in [0.2, 0.25) is 11.8 Å². The molecule has 3 aromatic heterocycles. The Balaban J connectivity index is 0.691. The number of carbonyl (C=O) groups excluding carboxylic acids is 3. The van der Waals surface area contributed by atoms with Crippen molar-refractivity contribution in [3.63, 3.8) is 0 Å². The maximum Gasteiger partial charge on any atom is 0.329 e. The second-order valence-corrected chi connectivity index (χ2v) is 19.6. The molecule has 18 heteroatoms. The molecule has 8 heterocycles. The van der Waals surface area contributed by atoms with Crippen LogP contribution in [0.5, 0.6) is 0 Å². The summed E-state index contributed by atoms with van der Waals surface area (Å²) in [6.07, 6.45) is 9.77. The van der Waals surface area contributed by atoms with Crippen LogP contribution in [-0.2, 0) is 29.5 Å². The monoisotopic (exact) mass is 904 g/mol. The van der Waals surface area contributed by atoms with Crippen molar-refractivity contribution < 1.29 is 23.2 Å². The van der Waals surface area contributed by atoms with Crippen LogP contribution < -0.4 is 31.4 Å². The number of hydrogen-bond donors (Lipinski definition) is 3. The predicted octanol–water partition coefficient (Wildman–Crippen LogP) is 4.62. The number of imide groups is 1. The average Bonchev–Trinajstić information content (AvgIpc) is 3.74. The Morgan fingerprint density at radius 1 is 0.909 bits per heavy atom. The van der Waals surface area contributed by atoms with Crippen LogP contribution in [0.1, 0.15) is 85.4 Å². The van der Waals surface area contributed by atoms with Gasteiger partial charge >= 0.3 is 5.69 Å². The third kappa shape index (κ3) is 7.58. The largest absolute Gasteiger partial charge is 0.385 e. The van der Waals surface area contributed by atoms with Gasteiger partial charge in [-0.15, -0.1) is 5.10 Å². The summed E-state index contributed by atoms with van der Waals surface area (Å²) in [5.41, 5.74) is 7.48. The molecule has 1 spiro atoms. The first-order chi connectivity index (χ1) is 31.9. The summed E-state index contributed by atoms with van der Waals surface area (Å²) < 4.78 is 37.0. The number of likely N-dealkylation sites (tertiary alicyclic amines) is 2. The van der Waals surface area contributed by atoms with Gasteiger partial charge in [-0.3, -0.25) is 38.6 Å². The molecule has 0 bridgehead atoms. The Labute approximate surface area is 381 Å². The molecule has 2 aromatic carbocycles. The van der Waals surface area contributed by atoms with Gasteiger partial charge in [0, 0.05) is 76.7 Å². The summed E-state index contributed by atoms with van der Waals surface area (Å²) in [5, 5.41) is 13.5. The summed E-state index contributed by atoms with van der Waals surface area (Å²) >= 11 is 0. The Morgan fingerprint density at radius 3 is 2.44 bits per heavy atom. The molecule has 3 amide bonds. The number of carbonyl (C=O) groups is 3. The highest BCUT2D eigenvalue weighted by Crippen LogP contribution is 2.45. The summed E-state index contributed by atoms with van der Waals surface area (Å²) in [6, 6.07) is 12.9. The van der Waals surface area contributed by atoms with E-state index in [4.69, 9.17) is 5.10 Å². The number of halogens is 2. The molecule has 6 aliphatic rings. The third-order valence-corrected chi connectivity index (χ3v) is 15.7. The summed E-state index contributed by atoms with van der Waals surface area (Å²) in [6.45, 7) is 4.75. The predicted molar refractivity (Wildman–Crippen MR) is 247 cm³/mol. The second-order valence-electron chi connectivity index (χ2n) is 19.6. The number of imidazole rings is 2. The highest BCUT2D eigenvalue weighted by atomic mass is 19.3. The number of fused-ring (bicyclic) bond motifs is 3. The number of aryl methyl sites for hydroxylation is 1. The van der Waals surface area contributed by atoms with E-state index in [1.165, 1.54) is 15.7 Å². The van der Waals surface area contributed by atoms with Gasteiger partial charge in [0.1, 0.15) is 6.04 Å². The van der Waals surface area contributed by atoms with E-state index in [1.807, 2.05) is 42.3 Å². The zero-order valence-corrected chi connectivity index (χ0v) is 37.7. The van der Waals surface area contributed by atoms with E-state index in [9.17, 15) is 19.2 Å². The van der Waals surface area contributed by atoms with Crippen LogP contribution in [0.2, 0.25) is 0 Å². The molecule has 5 fully saturated rings. The number of nitrogens with zero attached hydrogens (tertiary/aromatic N) is 9. The Morgan fingerprint density at radius 2 is 1.70 bits per heavy atom. The minimum atomic E-state index is -2.81. The molecular formula is C48H58F2N12O4. The molecule has 11 rings (SSSR count). The van der Waals surface area contributed by atoms with E-state index in [1.54, 1.807) is 22.3 Å². The number of nitrogens with one attached hydrogen (secondary N) is 3. The van der Waals surface area contributed by atoms with E-state index in [0.29, 0.717) is 68.1 Å². The van der Waals surface area contributed by atoms with Crippen molar-refractivity contribution in [2.24, 2.45) is 12.5 Å². The summed E-state index contributed by atoms with van der Waals surface area (Å²) in [4.78, 5) is 63.8. The number of piperidine rings is 4. The fraction of sp³-hybridized carbons (Fsp3) is 0.542. The van der Waals surface area contributed by atoms with Crippen molar-refractivity contribution in [1.29, 1.82) is 0 Å². The molecule has 1 saturated carbocycles. The van der Waals surface area contributed by atoms with Crippen molar-refractivity contribution in [2.45, 2.75) is 94.7 Å². The zero-order chi connectivity index (χ0) is 45.5. The molecule has 0 radical (unpaired) electrons. The van der Waals surface area contributed by atoms with Gasteiger partial charge in [-0.2, -0.15) is 0 Å². The van der Waals surface area contributed by atoms with Crippen LogP contribution in [-0.4, -0.2) is 129 Å². The highest BCUT2D eigenvalue weighted by Gasteiger charge is 2.49. The van der Waals surface area contributed by atoms with Crippen molar-refractivity contribution >= 4 is 57.3 Å². The number of hydrogen-bond acceptors (Lipinski definition) is 11. The fourth-order valence-corrected chi connectivity index (χ4v) is 11.6. The standard InChI is InChI=1S/C48H58F2N12O4/c1-51-34-27-41(55-62-39(28-52-43(34)62)45(65)53-31-6-7-31)60-21-13-33-30(4-3-5-35(33)60)12-19-57-20-14-40(48(49,50)29-57)59-24-17-47(18-25-59)15-22-58(23-16-47)32-8-9-36-38(26-32)56(2)46(66)61(36)37-10-11-42(63)54-44(37)64/h3-5,8-9,26-28,31,37,40,51H,6-7,10-25,29H2,1-2H3,(H,53,65)(H,54,63,64). The molecule has 4 saturated heterocycles. The van der Waals surface area contributed by atoms with Crippen LogP contribution in [0.3, 0.4) is 0 Å². The minimum Gasteiger partial charge on any atom is -0.385 e. The third-order valence-electron chi connectivity index (χ3n) is 15.7. The minimum absolute atomic E-state index is 0.132. The van der Waals surface area contributed by atoms with Gasteiger partial charge in [0.25, 0.3) is 11.8 Å². The van der Waals surface area contributed by atoms with Crippen LogP contribution in [0, 0.1) is 5.41 Å². The van der Waals surface area contributed by atoms with Crippen molar-refractivity contribution in [3.05, 3.63) is 76.0 Å². The van der Waals surface area contributed by atoms with Crippen molar-refractivity contribution in [3.8, 4) is 0 Å². The van der Waals surface area contributed by atoms with Crippen molar-refractivity contribution in [1.82, 2.24) is 44.2 Å². The molecule has 3 N–H and O–H groups in total. The Bertz CT molecular complexity index is 2800. The molecule has 16 nitrogen and oxygen atoms in total. The molecule has 5 aromatic rings. The number of benzene rings is 2. The normalized spacial score (nSPS) is 23.5. The molecule has 2 unspecified atom stereocenters. The SMILES string of the molecule is CNc1cc(N2CCc3c(CCN4CCC(N5CCC6(CCN(c7ccc8c(c7)n(C)c(=O)n8C7CCC(=O)NC7=O)CC6)CC5)C(F)(F)C4)cccc32)nn2c(C(=O)NC3CC3)cnc12. The maximum absolute atomic E-state index is 16.2. The summed E-state index contributed by atoms with van der Waals surface area (Å²) in [5.74, 6) is -3.04. The Hall–Kier alpha value is -5.88. The molecule has 348 valence electrons. The smallest absolute Gasteiger partial charge is 0.329 e. The lowest BCUT2D eigenvalue weighted by atomic mass is 9.70. The quantitative estimate of drug-likeness (QED) is 0.168. The summed E-state index contributed by atoms with van der Waals surface area (Å²) in [7, 11) is 3.55. The zero-order valence-electron chi connectivity index (χ0n) is 37.7. The lowest BCUT2D eigenvalue weighted by Crippen LogP contribution is -2.60. The lowest BCUT2D eigenvalue weighted by Gasteiger charge is -2.51. The maximum atomic E-state index is 16.2. The molecule has 66 heavy (non-hydrogen) atoms. The van der Waals surface area contributed by atoms with Crippen LogP contribution in [0.4, 0.5) is 31.7 Å². The van der Waals surface area contributed by atoms with E-state index in [2.05, 4.69) is 47.8 Å². The fourth-order valence-electron chi connectivity index (χ4n) is 11.6. The first-order valence-electron chi connectivity index (χ1n) is 23.8. The van der Waals surface area contributed by atoms with Gasteiger partial charge in [-0.05, 0) is 118 Å². The topological polar surface area (TPSA) is 157 Å². The number of rotatable bonds is 10. The Kier molecular flexibility index (Phi) is 10.7. The molecule has 1 aliphatic carbocycles. The van der Waals surface area contributed by atoms with Crippen LogP contribution in [0.15, 0.2) is 53.5 Å². The average molecular weight is 905 g/mol. The first kappa shape index (κ1) is 42.7. The van der Waals surface area contributed by atoms with E-state index < -0.39 is 23.9 Å². The number of alkyl halides is 2. The number of amides is 3. The second kappa shape index (κ2) is 16.5. The highest BCUT2D eigenvalue weighted by molar-refractivity contribution is 6.00. The van der Waals surface area contributed by atoms with Gasteiger partial charge in [-0.1, -0.05) is 12.1 Å². The van der Waals surface area contributed by atoms with Crippen LogP contribution in [0.25, 0.3) is 16.7 Å². The number of aromatic nitrogens is 5. The number of anilines is 4. The van der Waals surface area contributed by atoms with Crippen LogP contribution >= 0.6 is 0 Å². The van der Waals surface area contributed by atoms with Gasteiger partial charge < -0.3 is 20.4 Å². The van der Waals surface area contributed by atoms with Gasteiger partial charge in [-0.25, -0.2) is 23.1 Å². The molecular weight excluding hydrogens is 847 g/mol. The molecule has 2 atom stereocenters. The van der Waals surface area contributed by atoms with Crippen molar-refractivity contribution in [2.75, 3.05) is 74.5 Å².